The van der Waals surface area contributed by atoms with Crippen LogP contribution in [0.4, 0.5) is 5.69 Å². The molecule has 7 heteroatoms. The standard InChI is InChI=1S/C13H9BrN2O4/c14-10-6-11(16(19)20)13(18)15(7-10)8-12(17)9-4-2-1-3-5-9/h1-7H,8H2. The number of rotatable bonds is 4. The van der Waals surface area contributed by atoms with E-state index in [-0.39, 0.29) is 12.3 Å². The fourth-order valence-corrected chi connectivity index (χ4v) is 2.17. The first-order valence-corrected chi connectivity index (χ1v) is 6.41. The van der Waals surface area contributed by atoms with Crippen LogP contribution >= 0.6 is 15.9 Å². The van der Waals surface area contributed by atoms with Gasteiger partial charge in [0.2, 0.25) is 0 Å². The molecule has 2 rings (SSSR count). The molecule has 0 spiro atoms. The Morgan fingerprint density at radius 2 is 1.95 bits per heavy atom. The van der Waals surface area contributed by atoms with Crippen LogP contribution in [0.15, 0.2) is 51.9 Å². The third-order valence-corrected chi connectivity index (χ3v) is 3.07. The highest BCUT2D eigenvalue weighted by molar-refractivity contribution is 9.10. The minimum absolute atomic E-state index is 0.247. The molecule has 0 fully saturated rings. The van der Waals surface area contributed by atoms with Gasteiger partial charge in [-0.25, -0.2) is 0 Å². The van der Waals surface area contributed by atoms with E-state index in [1.807, 2.05) is 0 Å². The number of nitro groups is 1. The Balaban J connectivity index is 2.37. The van der Waals surface area contributed by atoms with Gasteiger partial charge in [0.25, 0.3) is 0 Å². The van der Waals surface area contributed by atoms with E-state index in [0.29, 0.717) is 10.0 Å². The molecule has 0 aliphatic heterocycles. The third-order valence-electron chi connectivity index (χ3n) is 2.64. The molecule has 102 valence electrons. The first-order chi connectivity index (χ1) is 9.49. The van der Waals surface area contributed by atoms with Gasteiger partial charge in [-0.15, -0.1) is 0 Å². The summed E-state index contributed by atoms with van der Waals surface area (Å²) >= 11 is 3.09. The first-order valence-electron chi connectivity index (χ1n) is 5.61. The molecule has 0 saturated heterocycles. The number of halogens is 1. The molecule has 0 bridgehead atoms. The predicted octanol–water partition coefficient (Wildman–Crippen LogP) is 2.40. The number of hydrogen-bond donors (Lipinski definition) is 0. The fraction of sp³-hybridized carbons (Fsp3) is 0.0769. The van der Waals surface area contributed by atoms with Gasteiger partial charge in [0.05, 0.1) is 11.5 Å². The molecule has 0 aliphatic carbocycles. The van der Waals surface area contributed by atoms with Gasteiger partial charge in [-0.3, -0.25) is 19.7 Å². The van der Waals surface area contributed by atoms with E-state index in [0.717, 1.165) is 10.6 Å². The molecule has 0 N–H and O–H groups in total. The average molecular weight is 337 g/mol. The zero-order valence-corrected chi connectivity index (χ0v) is 11.7. The second-order valence-electron chi connectivity index (χ2n) is 4.02. The van der Waals surface area contributed by atoms with Gasteiger partial charge in [-0.1, -0.05) is 30.3 Å². The minimum atomic E-state index is -0.803. The summed E-state index contributed by atoms with van der Waals surface area (Å²) in [6, 6.07) is 9.55. The van der Waals surface area contributed by atoms with Crippen molar-refractivity contribution in [2.75, 3.05) is 0 Å². The van der Waals surface area contributed by atoms with E-state index in [4.69, 9.17) is 0 Å². The number of Topliss-reactive ketones (excluding diaryl/α,β-unsaturated/α-hetero) is 1. The van der Waals surface area contributed by atoms with Gasteiger partial charge in [-0.05, 0) is 15.9 Å². The summed E-state index contributed by atoms with van der Waals surface area (Å²) in [6.45, 7) is -0.247. The SMILES string of the molecule is O=C(Cn1cc(Br)cc([N+](=O)[O-])c1=O)c1ccccc1. The van der Waals surface area contributed by atoms with Crippen LogP contribution in [0.25, 0.3) is 0 Å². The van der Waals surface area contributed by atoms with Crippen LogP contribution in [-0.4, -0.2) is 15.3 Å². The van der Waals surface area contributed by atoms with Gasteiger partial charge in [0.1, 0.15) is 0 Å². The number of pyridine rings is 1. The van der Waals surface area contributed by atoms with Gasteiger partial charge in [0, 0.05) is 22.3 Å². The summed E-state index contributed by atoms with van der Waals surface area (Å²) in [5.74, 6) is -0.292. The van der Waals surface area contributed by atoms with E-state index >= 15 is 0 Å². The van der Waals surface area contributed by atoms with Gasteiger partial charge < -0.3 is 4.57 Å². The molecule has 0 aliphatic rings. The second kappa shape index (κ2) is 5.79. The topological polar surface area (TPSA) is 82.2 Å². The lowest BCUT2D eigenvalue weighted by Gasteiger charge is -2.05. The van der Waals surface area contributed by atoms with Crippen molar-refractivity contribution < 1.29 is 9.72 Å². The van der Waals surface area contributed by atoms with Gasteiger partial charge >= 0.3 is 11.2 Å². The number of hydrogen-bond acceptors (Lipinski definition) is 4. The maximum absolute atomic E-state index is 12.0. The highest BCUT2D eigenvalue weighted by Gasteiger charge is 2.17. The molecule has 0 radical (unpaired) electrons. The summed E-state index contributed by atoms with van der Waals surface area (Å²) < 4.78 is 1.39. The smallest absolute Gasteiger partial charge is 0.301 e. The van der Waals surface area contributed by atoms with Gasteiger partial charge in [-0.2, -0.15) is 0 Å². The van der Waals surface area contributed by atoms with Crippen LogP contribution in [0, 0.1) is 10.1 Å². The van der Waals surface area contributed by atoms with E-state index < -0.39 is 16.2 Å². The van der Waals surface area contributed by atoms with E-state index in [1.165, 1.54) is 6.20 Å². The Bertz CT molecular complexity index is 725. The second-order valence-corrected chi connectivity index (χ2v) is 4.94. The third kappa shape index (κ3) is 3.00. The van der Waals surface area contributed by atoms with Crippen LogP contribution in [0.1, 0.15) is 10.4 Å². The summed E-state index contributed by atoms with van der Waals surface area (Å²) in [4.78, 5) is 33.9. The van der Waals surface area contributed by atoms with Crippen LogP contribution in [0.2, 0.25) is 0 Å². The average Bonchev–Trinajstić information content (AvgIpc) is 2.43. The van der Waals surface area contributed by atoms with Crippen molar-refractivity contribution in [2.45, 2.75) is 6.54 Å². The molecule has 0 atom stereocenters. The Labute approximate surface area is 121 Å². The Kier molecular flexibility index (Phi) is 4.09. The lowest BCUT2D eigenvalue weighted by Crippen LogP contribution is -2.25. The molecule has 2 aromatic rings. The maximum atomic E-state index is 12.0. The van der Waals surface area contributed by atoms with Crippen molar-refractivity contribution in [1.82, 2.24) is 4.57 Å². The van der Waals surface area contributed by atoms with Crippen LogP contribution in [0.3, 0.4) is 0 Å². The van der Waals surface area contributed by atoms with Crippen molar-refractivity contribution in [2.24, 2.45) is 0 Å². The molecular formula is C13H9BrN2O4. The van der Waals surface area contributed by atoms with Crippen LogP contribution in [0.5, 0.6) is 0 Å². The van der Waals surface area contributed by atoms with Crippen molar-refractivity contribution in [3.63, 3.8) is 0 Å². The van der Waals surface area contributed by atoms with Crippen molar-refractivity contribution >= 4 is 27.4 Å². The quantitative estimate of drug-likeness (QED) is 0.487. The summed E-state index contributed by atoms with van der Waals surface area (Å²) in [5.41, 5.74) is -0.926. The molecule has 6 nitrogen and oxygen atoms in total. The lowest BCUT2D eigenvalue weighted by atomic mass is 10.1. The summed E-state index contributed by atoms with van der Waals surface area (Å²) in [7, 11) is 0. The predicted molar refractivity (Wildman–Crippen MR) is 75.8 cm³/mol. The van der Waals surface area contributed by atoms with Crippen LogP contribution < -0.4 is 5.56 Å². The van der Waals surface area contributed by atoms with Crippen LogP contribution in [-0.2, 0) is 6.54 Å². The number of ketones is 1. The van der Waals surface area contributed by atoms with E-state index in [2.05, 4.69) is 15.9 Å². The van der Waals surface area contributed by atoms with E-state index in [9.17, 15) is 19.7 Å². The molecule has 1 heterocycles. The van der Waals surface area contributed by atoms with Crippen molar-refractivity contribution in [3.05, 3.63) is 73.1 Å². The number of benzene rings is 1. The zero-order chi connectivity index (χ0) is 14.7. The molecule has 20 heavy (non-hydrogen) atoms. The van der Waals surface area contributed by atoms with Crippen molar-refractivity contribution in [1.29, 1.82) is 0 Å². The Morgan fingerprint density at radius 1 is 1.30 bits per heavy atom. The Morgan fingerprint density at radius 3 is 2.55 bits per heavy atom. The lowest BCUT2D eigenvalue weighted by molar-refractivity contribution is -0.386. The number of aromatic nitrogens is 1. The molecular weight excluding hydrogens is 328 g/mol. The van der Waals surface area contributed by atoms with Gasteiger partial charge in [0.15, 0.2) is 5.78 Å². The maximum Gasteiger partial charge on any atom is 0.335 e. The normalized spacial score (nSPS) is 10.2. The molecule has 0 amide bonds. The number of nitrogens with zero attached hydrogens (tertiary/aromatic N) is 2. The molecule has 0 unspecified atom stereocenters. The van der Waals surface area contributed by atoms with E-state index in [1.54, 1.807) is 30.3 Å². The first kappa shape index (κ1) is 14.1. The van der Waals surface area contributed by atoms with Crippen molar-refractivity contribution in [3.8, 4) is 0 Å². The molecule has 1 aromatic heterocycles. The number of carbonyl (C=O) groups excluding carboxylic acids is 1. The summed E-state index contributed by atoms with van der Waals surface area (Å²) in [6.07, 6.45) is 1.36. The highest BCUT2D eigenvalue weighted by atomic mass is 79.9. The zero-order valence-electron chi connectivity index (χ0n) is 10.2. The molecule has 0 saturated carbocycles. The highest BCUT2D eigenvalue weighted by Crippen LogP contribution is 2.14. The molecule has 1 aromatic carbocycles. The largest absolute Gasteiger partial charge is 0.335 e. The number of carbonyl (C=O) groups is 1. The summed E-state index contributed by atoms with van der Waals surface area (Å²) in [5, 5.41) is 10.8. The minimum Gasteiger partial charge on any atom is -0.301 e. The Hall–Kier alpha value is -2.28. The fourth-order valence-electron chi connectivity index (χ4n) is 1.70. The monoisotopic (exact) mass is 336 g/mol.